The fourth-order valence-electron chi connectivity index (χ4n) is 1.91. The molecular weight excluding hydrogens is 309 g/mol. The van der Waals surface area contributed by atoms with Gasteiger partial charge in [0.25, 0.3) is 5.69 Å². The molecule has 116 valence electrons. The van der Waals surface area contributed by atoms with Gasteiger partial charge in [-0.3, -0.25) is 10.1 Å². The number of hydrogen-bond donors (Lipinski definition) is 2. The van der Waals surface area contributed by atoms with Crippen molar-refractivity contribution in [1.29, 1.82) is 0 Å². The van der Waals surface area contributed by atoms with Crippen LogP contribution in [0.5, 0.6) is 0 Å². The zero-order chi connectivity index (χ0) is 15.9. The molecule has 2 aromatic carbocycles. The van der Waals surface area contributed by atoms with E-state index in [1.165, 1.54) is 18.2 Å². The van der Waals surface area contributed by atoms with E-state index in [0.717, 1.165) is 5.69 Å². The fraction of sp³-hybridized carbons (Fsp3) is 0.200. The van der Waals surface area contributed by atoms with Crippen LogP contribution >= 0.6 is 11.6 Å². The maximum absolute atomic E-state index is 13.5. The SMILES string of the molecule is O=[N+]([O-])c1ccc(NCCNCc2c(F)cccc2Cl)cc1. The molecule has 7 heteroatoms. The molecule has 0 unspecified atom stereocenters. The molecule has 0 amide bonds. The molecule has 0 radical (unpaired) electrons. The van der Waals surface area contributed by atoms with E-state index < -0.39 is 4.92 Å². The first-order valence-electron chi connectivity index (χ1n) is 6.70. The quantitative estimate of drug-likeness (QED) is 0.464. The van der Waals surface area contributed by atoms with E-state index >= 15 is 0 Å². The molecule has 0 bridgehead atoms. The highest BCUT2D eigenvalue weighted by Gasteiger charge is 2.06. The Kier molecular flexibility index (Phi) is 5.68. The summed E-state index contributed by atoms with van der Waals surface area (Å²) in [7, 11) is 0. The summed E-state index contributed by atoms with van der Waals surface area (Å²) in [5, 5.41) is 17.1. The number of anilines is 1. The van der Waals surface area contributed by atoms with Crippen molar-refractivity contribution in [2.24, 2.45) is 0 Å². The smallest absolute Gasteiger partial charge is 0.269 e. The number of halogens is 2. The summed E-state index contributed by atoms with van der Waals surface area (Å²) in [6, 6.07) is 10.8. The maximum Gasteiger partial charge on any atom is 0.269 e. The van der Waals surface area contributed by atoms with E-state index in [1.54, 1.807) is 24.3 Å². The average Bonchev–Trinajstić information content (AvgIpc) is 2.50. The molecular formula is C15H15ClFN3O2. The zero-order valence-electron chi connectivity index (χ0n) is 11.7. The Morgan fingerprint density at radius 3 is 2.50 bits per heavy atom. The lowest BCUT2D eigenvalue weighted by Crippen LogP contribution is -2.22. The summed E-state index contributed by atoms with van der Waals surface area (Å²) in [5.41, 5.74) is 1.29. The zero-order valence-corrected chi connectivity index (χ0v) is 12.4. The predicted molar refractivity (Wildman–Crippen MR) is 84.7 cm³/mol. The molecule has 2 N–H and O–H groups in total. The normalized spacial score (nSPS) is 10.5. The number of nitro groups is 1. The van der Waals surface area contributed by atoms with E-state index in [0.29, 0.717) is 30.2 Å². The number of nitrogens with zero attached hydrogens (tertiary/aromatic N) is 1. The third-order valence-electron chi connectivity index (χ3n) is 3.07. The lowest BCUT2D eigenvalue weighted by Gasteiger charge is -2.09. The van der Waals surface area contributed by atoms with E-state index in [-0.39, 0.29) is 11.5 Å². The Balaban J connectivity index is 1.74. The second-order valence-electron chi connectivity index (χ2n) is 4.61. The van der Waals surface area contributed by atoms with Crippen molar-refractivity contribution < 1.29 is 9.31 Å². The maximum atomic E-state index is 13.5. The molecule has 2 rings (SSSR count). The average molecular weight is 324 g/mol. The van der Waals surface area contributed by atoms with Crippen LogP contribution in [0.2, 0.25) is 5.02 Å². The van der Waals surface area contributed by atoms with Gasteiger partial charge in [-0.2, -0.15) is 0 Å². The van der Waals surface area contributed by atoms with Gasteiger partial charge in [0.2, 0.25) is 0 Å². The van der Waals surface area contributed by atoms with Crippen LogP contribution < -0.4 is 10.6 Å². The van der Waals surface area contributed by atoms with E-state index in [2.05, 4.69) is 10.6 Å². The summed E-state index contributed by atoms with van der Waals surface area (Å²) < 4.78 is 13.5. The van der Waals surface area contributed by atoms with E-state index in [9.17, 15) is 14.5 Å². The van der Waals surface area contributed by atoms with Crippen LogP contribution in [0.3, 0.4) is 0 Å². The molecule has 0 fully saturated rings. The molecule has 0 aliphatic rings. The van der Waals surface area contributed by atoms with Gasteiger partial charge in [0.15, 0.2) is 0 Å². The molecule has 0 saturated carbocycles. The first-order valence-corrected chi connectivity index (χ1v) is 7.07. The van der Waals surface area contributed by atoms with Crippen LogP contribution in [0.1, 0.15) is 5.56 Å². The summed E-state index contributed by atoms with van der Waals surface area (Å²) in [5.74, 6) is -0.330. The fourth-order valence-corrected chi connectivity index (χ4v) is 2.14. The van der Waals surface area contributed by atoms with Crippen LogP contribution in [-0.2, 0) is 6.54 Å². The molecule has 0 saturated heterocycles. The first kappa shape index (κ1) is 16.2. The van der Waals surface area contributed by atoms with Crippen LogP contribution in [-0.4, -0.2) is 18.0 Å². The third-order valence-corrected chi connectivity index (χ3v) is 3.43. The lowest BCUT2D eigenvalue weighted by molar-refractivity contribution is -0.384. The Morgan fingerprint density at radius 1 is 1.14 bits per heavy atom. The summed E-state index contributed by atoms with van der Waals surface area (Å²) in [6.07, 6.45) is 0. The first-order chi connectivity index (χ1) is 10.6. The second-order valence-corrected chi connectivity index (χ2v) is 5.01. The molecule has 0 aliphatic carbocycles. The van der Waals surface area contributed by atoms with Gasteiger partial charge in [0, 0.05) is 48.0 Å². The van der Waals surface area contributed by atoms with Crippen molar-refractivity contribution in [3.8, 4) is 0 Å². The Hall–Kier alpha value is -2.18. The summed E-state index contributed by atoms with van der Waals surface area (Å²) in [6.45, 7) is 1.54. The van der Waals surface area contributed by atoms with Gasteiger partial charge in [0.1, 0.15) is 5.82 Å². The number of non-ortho nitro benzene ring substituents is 1. The number of benzene rings is 2. The molecule has 2 aromatic rings. The van der Waals surface area contributed by atoms with E-state index in [4.69, 9.17) is 11.6 Å². The van der Waals surface area contributed by atoms with Crippen molar-refractivity contribution >= 4 is 23.0 Å². The topological polar surface area (TPSA) is 67.2 Å². The number of nitro benzene ring substituents is 1. The third kappa shape index (κ3) is 4.41. The van der Waals surface area contributed by atoms with Gasteiger partial charge in [-0.05, 0) is 24.3 Å². The van der Waals surface area contributed by atoms with Crippen molar-refractivity contribution in [1.82, 2.24) is 5.32 Å². The Morgan fingerprint density at radius 2 is 1.86 bits per heavy atom. The monoisotopic (exact) mass is 323 g/mol. The van der Waals surface area contributed by atoms with Gasteiger partial charge in [-0.1, -0.05) is 17.7 Å². The van der Waals surface area contributed by atoms with Crippen molar-refractivity contribution in [2.75, 3.05) is 18.4 Å². The molecule has 0 aliphatic heterocycles. The Labute approximate surface area is 132 Å². The molecule has 22 heavy (non-hydrogen) atoms. The van der Waals surface area contributed by atoms with Crippen LogP contribution in [0.4, 0.5) is 15.8 Å². The number of rotatable bonds is 7. The van der Waals surface area contributed by atoms with Gasteiger partial charge in [0.05, 0.1) is 4.92 Å². The van der Waals surface area contributed by atoms with Crippen molar-refractivity contribution in [3.05, 3.63) is 69.0 Å². The van der Waals surface area contributed by atoms with Crippen LogP contribution in [0.15, 0.2) is 42.5 Å². The standard InChI is InChI=1S/C15H15ClFN3O2/c16-14-2-1-3-15(17)13(14)10-18-8-9-19-11-4-6-12(7-5-11)20(21)22/h1-7,18-19H,8-10H2. The van der Waals surface area contributed by atoms with Crippen molar-refractivity contribution in [3.63, 3.8) is 0 Å². The molecule has 0 atom stereocenters. The molecule has 0 aromatic heterocycles. The Bertz CT molecular complexity index is 629. The summed E-state index contributed by atoms with van der Waals surface area (Å²) >= 11 is 5.93. The van der Waals surface area contributed by atoms with Crippen LogP contribution in [0.25, 0.3) is 0 Å². The minimum Gasteiger partial charge on any atom is -0.384 e. The highest BCUT2D eigenvalue weighted by molar-refractivity contribution is 6.31. The highest BCUT2D eigenvalue weighted by Crippen LogP contribution is 2.18. The van der Waals surface area contributed by atoms with E-state index in [1.807, 2.05) is 0 Å². The minimum absolute atomic E-state index is 0.0536. The minimum atomic E-state index is -0.441. The van der Waals surface area contributed by atoms with Gasteiger partial charge >= 0.3 is 0 Å². The summed E-state index contributed by atoms with van der Waals surface area (Å²) in [4.78, 5) is 10.1. The largest absolute Gasteiger partial charge is 0.384 e. The van der Waals surface area contributed by atoms with Crippen LogP contribution in [0, 0.1) is 15.9 Å². The van der Waals surface area contributed by atoms with Gasteiger partial charge in [-0.25, -0.2) is 4.39 Å². The molecule has 0 heterocycles. The second kappa shape index (κ2) is 7.72. The molecule has 0 spiro atoms. The van der Waals surface area contributed by atoms with Crippen molar-refractivity contribution in [2.45, 2.75) is 6.54 Å². The van der Waals surface area contributed by atoms with Gasteiger partial charge in [-0.15, -0.1) is 0 Å². The predicted octanol–water partition coefficient (Wildman–Crippen LogP) is 3.59. The lowest BCUT2D eigenvalue weighted by atomic mass is 10.2. The highest BCUT2D eigenvalue weighted by atomic mass is 35.5. The van der Waals surface area contributed by atoms with Gasteiger partial charge < -0.3 is 10.6 Å². The number of nitrogens with one attached hydrogen (secondary N) is 2. The number of hydrogen-bond acceptors (Lipinski definition) is 4. The molecule has 5 nitrogen and oxygen atoms in total.